The Balaban J connectivity index is 1.44. The lowest BCUT2D eigenvalue weighted by molar-refractivity contribution is 0.414. The van der Waals surface area contributed by atoms with E-state index >= 15 is 0 Å². The van der Waals surface area contributed by atoms with E-state index < -0.39 is 0 Å². The van der Waals surface area contributed by atoms with Crippen molar-refractivity contribution in [3.05, 3.63) is 59.8 Å². The van der Waals surface area contributed by atoms with Crippen molar-refractivity contribution in [2.45, 2.75) is 18.9 Å². The highest BCUT2D eigenvalue weighted by atomic mass is 16.5. The molecule has 0 unspecified atom stereocenters. The molecule has 0 radical (unpaired) electrons. The Morgan fingerprint density at radius 3 is 2.77 bits per heavy atom. The fourth-order valence-electron chi connectivity index (χ4n) is 3.18. The maximum atomic E-state index is 8.85. The summed E-state index contributed by atoms with van der Waals surface area (Å²) in [7, 11) is 1.70. The highest BCUT2D eigenvalue weighted by Gasteiger charge is 2.19. The predicted octanol–water partition coefficient (Wildman–Crippen LogP) is 3.23. The van der Waals surface area contributed by atoms with Crippen LogP contribution >= 0.6 is 0 Å². The van der Waals surface area contributed by atoms with Gasteiger partial charge in [0.1, 0.15) is 17.6 Å². The van der Waals surface area contributed by atoms with Crippen molar-refractivity contribution in [2.24, 2.45) is 0 Å². The van der Waals surface area contributed by atoms with Gasteiger partial charge >= 0.3 is 0 Å². The van der Waals surface area contributed by atoms with Crippen LogP contribution in [0.1, 0.15) is 24.0 Å². The number of ether oxygens (including phenoxy) is 1. The Morgan fingerprint density at radius 1 is 1.27 bits per heavy atom. The molecule has 134 valence electrons. The molecule has 1 saturated heterocycles. The third-order valence-electron chi connectivity index (χ3n) is 4.66. The molecule has 5 nitrogen and oxygen atoms in total. The lowest BCUT2D eigenvalue weighted by Gasteiger charge is -2.33. The van der Waals surface area contributed by atoms with Crippen LogP contribution in [0.15, 0.2) is 48.7 Å². The average molecular weight is 348 g/mol. The van der Waals surface area contributed by atoms with E-state index in [2.05, 4.69) is 39.5 Å². The standard InChI is InChI=1S/C21H24N4O/c1-26-20-7-3-2-5-18(20)6-4-12-23-19-10-13-25(14-11-19)21-9-8-17(15-22)16-24-21/h2-9,16,19,23H,10-14H2,1H3/b6-4+. The van der Waals surface area contributed by atoms with Gasteiger partial charge in [0.05, 0.1) is 12.7 Å². The van der Waals surface area contributed by atoms with Gasteiger partial charge in [-0.1, -0.05) is 30.4 Å². The molecule has 1 aliphatic heterocycles. The van der Waals surface area contributed by atoms with E-state index in [1.54, 1.807) is 13.3 Å². The third kappa shape index (κ3) is 4.62. The van der Waals surface area contributed by atoms with E-state index in [0.29, 0.717) is 11.6 Å². The number of hydrogen-bond donors (Lipinski definition) is 1. The van der Waals surface area contributed by atoms with Gasteiger partial charge in [0.2, 0.25) is 0 Å². The van der Waals surface area contributed by atoms with Crippen LogP contribution in [0, 0.1) is 11.3 Å². The zero-order chi connectivity index (χ0) is 18.2. The molecule has 0 bridgehead atoms. The summed E-state index contributed by atoms with van der Waals surface area (Å²) in [5.41, 5.74) is 1.70. The minimum atomic E-state index is 0.520. The molecule has 0 amide bonds. The van der Waals surface area contributed by atoms with Gasteiger partial charge in [-0.25, -0.2) is 4.98 Å². The van der Waals surface area contributed by atoms with E-state index in [9.17, 15) is 0 Å². The normalized spacial score (nSPS) is 15.2. The van der Waals surface area contributed by atoms with Crippen LogP contribution in [0.2, 0.25) is 0 Å². The first-order valence-electron chi connectivity index (χ1n) is 8.94. The number of methoxy groups -OCH3 is 1. The Hall–Kier alpha value is -2.84. The number of piperidine rings is 1. The molecule has 1 aromatic heterocycles. The zero-order valence-electron chi connectivity index (χ0n) is 15.1. The van der Waals surface area contributed by atoms with Gasteiger partial charge in [-0.3, -0.25) is 0 Å². The van der Waals surface area contributed by atoms with Gasteiger partial charge in [0, 0.05) is 37.4 Å². The van der Waals surface area contributed by atoms with Gasteiger partial charge in [0.25, 0.3) is 0 Å². The number of nitrogens with one attached hydrogen (secondary N) is 1. The minimum absolute atomic E-state index is 0.520. The smallest absolute Gasteiger partial charge is 0.128 e. The number of rotatable bonds is 6. The van der Waals surface area contributed by atoms with E-state index in [1.165, 1.54) is 0 Å². The Morgan fingerprint density at radius 2 is 2.08 bits per heavy atom. The third-order valence-corrected chi connectivity index (χ3v) is 4.66. The first-order valence-corrected chi connectivity index (χ1v) is 8.94. The minimum Gasteiger partial charge on any atom is -0.496 e. The molecule has 1 aromatic carbocycles. The van der Waals surface area contributed by atoms with E-state index in [4.69, 9.17) is 10.00 Å². The van der Waals surface area contributed by atoms with E-state index in [1.807, 2.05) is 30.3 Å². The largest absolute Gasteiger partial charge is 0.496 e. The second-order valence-corrected chi connectivity index (χ2v) is 6.33. The maximum absolute atomic E-state index is 8.85. The Kier molecular flexibility index (Phi) is 6.24. The lowest BCUT2D eigenvalue weighted by atomic mass is 10.0. The Bertz CT molecular complexity index is 771. The number of aromatic nitrogens is 1. The predicted molar refractivity (Wildman–Crippen MR) is 104 cm³/mol. The van der Waals surface area contributed by atoms with Crippen molar-refractivity contribution < 1.29 is 4.74 Å². The zero-order valence-corrected chi connectivity index (χ0v) is 15.1. The van der Waals surface area contributed by atoms with Crippen LogP contribution in [0.5, 0.6) is 5.75 Å². The summed E-state index contributed by atoms with van der Waals surface area (Å²) in [6.07, 6.45) is 8.06. The van der Waals surface area contributed by atoms with Crippen LogP contribution in [-0.2, 0) is 0 Å². The number of benzene rings is 1. The van der Waals surface area contributed by atoms with Gasteiger partial charge in [0.15, 0.2) is 0 Å². The van der Waals surface area contributed by atoms with Crippen LogP contribution in [0.3, 0.4) is 0 Å². The van der Waals surface area contributed by atoms with Crippen molar-refractivity contribution in [3.63, 3.8) is 0 Å². The van der Waals surface area contributed by atoms with Gasteiger partial charge in [-0.05, 0) is 31.0 Å². The van der Waals surface area contributed by atoms with Crippen molar-refractivity contribution in [1.29, 1.82) is 5.26 Å². The van der Waals surface area contributed by atoms with Crippen molar-refractivity contribution in [2.75, 3.05) is 31.6 Å². The van der Waals surface area contributed by atoms with Gasteiger partial charge in [-0.15, -0.1) is 0 Å². The molecule has 1 N–H and O–H groups in total. The second-order valence-electron chi connectivity index (χ2n) is 6.33. The summed E-state index contributed by atoms with van der Waals surface area (Å²) in [6.45, 7) is 2.80. The molecule has 2 aromatic rings. The summed E-state index contributed by atoms with van der Waals surface area (Å²) in [5.74, 6) is 1.85. The van der Waals surface area contributed by atoms with Crippen molar-refractivity contribution in [3.8, 4) is 11.8 Å². The number of nitrogens with zero attached hydrogens (tertiary/aromatic N) is 3. The number of nitriles is 1. The van der Waals surface area contributed by atoms with Gasteiger partial charge in [-0.2, -0.15) is 5.26 Å². The molecular weight excluding hydrogens is 324 g/mol. The quantitative estimate of drug-likeness (QED) is 0.868. The molecule has 0 saturated carbocycles. The number of hydrogen-bond acceptors (Lipinski definition) is 5. The highest BCUT2D eigenvalue weighted by molar-refractivity contribution is 5.57. The fourth-order valence-corrected chi connectivity index (χ4v) is 3.18. The Labute approximate surface area is 154 Å². The molecule has 0 spiro atoms. The molecular formula is C21H24N4O. The van der Waals surface area contributed by atoms with Gasteiger partial charge < -0.3 is 15.0 Å². The molecule has 0 aliphatic carbocycles. The summed E-state index contributed by atoms with van der Waals surface area (Å²) in [4.78, 5) is 6.67. The van der Waals surface area contributed by atoms with Crippen LogP contribution in [0.4, 0.5) is 5.82 Å². The maximum Gasteiger partial charge on any atom is 0.128 e. The monoisotopic (exact) mass is 348 g/mol. The molecule has 2 heterocycles. The van der Waals surface area contributed by atoms with Crippen LogP contribution in [0.25, 0.3) is 6.08 Å². The first kappa shape index (κ1) is 18.0. The summed E-state index contributed by atoms with van der Waals surface area (Å²) >= 11 is 0. The molecule has 5 heteroatoms. The molecule has 0 atom stereocenters. The van der Waals surface area contributed by atoms with Crippen LogP contribution in [-0.4, -0.2) is 37.8 Å². The SMILES string of the molecule is COc1ccccc1/C=C/CNC1CCN(c2ccc(C#N)cn2)CC1. The first-order chi connectivity index (χ1) is 12.8. The topological polar surface area (TPSA) is 61.2 Å². The average Bonchev–Trinajstić information content (AvgIpc) is 2.72. The number of pyridine rings is 1. The van der Waals surface area contributed by atoms with E-state index in [-0.39, 0.29) is 0 Å². The van der Waals surface area contributed by atoms with Crippen molar-refractivity contribution >= 4 is 11.9 Å². The summed E-state index contributed by atoms with van der Waals surface area (Å²) < 4.78 is 5.36. The molecule has 26 heavy (non-hydrogen) atoms. The number of para-hydroxylation sites is 1. The number of anilines is 1. The summed E-state index contributed by atoms with van der Waals surface area (Å²) in [5, 5.41) is 12.5. The van der Waals surface area contributed by atoms with Crippen LogP contribution < -0.4 is 15.0 Å². The fraction of sp³-hybridized carbons (Fsp3) is 0.333. The summed E-state index contributed by atoms with van der Waals surface area (Å²) in [6, 6.07) is 14.4. The molecule has 1 aliphatic rings. The van der Waals surface area contributed by atoms with Crippen molar-refractivity contribution in [1.82, 2.24) is 10.3 Å². The lowest BCUT2D eigenvalue weighted by Crippen LogP contribution is -2.42. The molecule has 1 fully saturated rings. The van der Waals surface area contributed by atoms with E-state index in [0.717, 1.165) is 49.6 Å². The molecule has 3 rings (SSSR count). The highest BCUT2D eigenvalue weighted by Crippen LogP contribution is 2.19. The second kappa shape index (κ2) is 9.02.